The maximum Gasteiger partial charge on any atom is 0.191 e. The third-order valence-electron chi connectivity index (χ3n) is 3.43. The van der Waals surface area contributed by atoms with Gasteiger partial charge in [-0.3, -0.25) is 4.99 Å². The van der Waals surface area contributed by atoms with E-state index in [1.807, 2.05) is 0 Å². The molecule has 4 nitrogen and oxygen atoms in total. The van der Waals surface area contributed by atoms with Gasteiger partial charge in [-0.2, -0.15) is 0 Å². The number of hydrogen-bond acceptors (Lipinski definition) is 2. The molecule has 0 amide bonds. The molecule has 0 bridgehead atoms. The molecule has 1 aliphatic rings. The number of guanidine groups is 1. The van der Waals surface area contributed by atoms with Crippen molar-refractivity contribution in [2.24, 2.45) is 10.9 Å². The molecular weight excluding hydrogens is 224 g/mol. The van der Waals surface area contributed by atoms with Crippen LogP contribution in [0.5, 0.6) is 0 Å². The summed E-state index contributed by atoms with van der Waals surface area (Å²) in [5, 5.41) is 6.69. The van der Waals surface area contributed by atoms with Crippen molar-refractivity contribution in [3.05, 3.63) is 0 Å². The molecule has 0 aromatic heterocycles. The first-order valence-electron chi connectivity index (χ1n) is 7.50. The Hall–Kier alpha value is -0.770. The van der Waals surface area contributed by atoms with Gasteiger partial charge in [0.1, 0.15) is 0 Å². The first-order valence-corrected chi connectivity index (χ1v) is 7.50. The highest BCUT2D eigenvalue weighted by Gasteiger charge is 2.14. The van der Waals surface area contributed by atoms with Crippen molar-refractivity contribution in [2.75, 3.05) is 39.3 Å². The minimum atomic E-state index is 0.899. The number of aliphatic imine (C=N–C) groups is 1. The zero-order valence-electron chi connectivity index (χ0n) is 12.3. The van der Waals surface area contributed by atoms with Crippen molar-refractivity contribution < 1.29 is 0 Å². The number of likely N-dealkylation sites (tertiary alicyclic amines) is 1. The molecule has 1 heterocycles. The van der Waals surface area contributed by atoms with E-state index in [-0.39, 0.29) is 0 Å². The standard InChI is InChI=1S/C14H30N4/c1-4-8-16-14(15-5-2)17-9-12-18-10-6-13(3)7-11-18/h13H,4-12H2,1-3H3,(H2,15,16,17). The van der Waals surface area contributed by atoms with Crippen LogP contribution in [0.25, 0.3) is 0 Å². The Kier molecular flexibility index (Phi) is 7.81. The summed E-state index contributed by atoms with van der Waals surface area (Å²) in [5.41, 5.74) is 0. The largest absolute Gasteiger partial charge is 0.357 e. The summed E-state index contributed by atoms with van der Waals surface area (Å²) in [7, 11) is 0. The molecule has 2 N–H and O–H groups in total. The summed E-state index contributed by atoms with van der Waals surface area (Å²) in [6.07, 6.45) is 3.80. The lowest BCUT2D eigenvalue weighted by molar-refractivity contribution is 0.195. The lowest BCUT2D eigenvalue weighted by Crippen LogP contribution is -2.43. The molecule has 0 atom stereocenters. The maximum atomic E-state index is 4.50. The predicted molar refractivity (Wildman–Crippen MR) is 79.1 cm³/mol. The van der Waals surface area contributed by atoms with Crippen LogP contribution < -0.4 is 10.6 Å². The molecule has 0 aromatic rings. The Morgan fingerprint density at radius 2 is 1.94 bits per heavy atom. The fourth-order valence-corrected chi connectivity index (χ4v) is 2.18. The van der Waals surface area contributed by atoms with Crippen molar-refractivity contribution in [1.29, 1.82) is 0 Å². The van der Waals surface area contributed by atoms with E-state index in [4.69, 9.17) is 0 Å². The average Bonchev–Trinajstić information content (AvgIpc) is 2.38. The molecule has 106 valence electrons. The van der Waals surface area contributed by atoms with E-state index in [9.17, 15) is 0 Å². The Labute approximate surface area is 112 Å². The van der Waals surface area contributed by atoms with E-state index in [1.165, 1.54) is 25.9 Å². The lowest BCUT2D eigenvalue weighted by Gasteiger charge is -2.30. The minimum Gasteiger partial charge on any atom is -0.357 e. The van der Waals surface area contributed by atoms with Crippen LogP contribution in [0.4, 0.5) is 0 Å². The van der Waals surface area contributed by atoms with E-state index in [0.29, 0.717) is 0 Å². The molecule has 0 unspecified atom stereocenters. The van der Waals surface area contributed by atoms with Crippen LogP contribution in [-0.4, -0.2) is 50.1 Å². The first kappa shape index (κ1) is 15.3. The molecule has 1 fully saturated rings. The van der Waals surface area contributed by atoms with E-state index < -0.39 is 0 Å². The van der Waals surface area contributed by atoms with Gasteiger partial charge < -0.3 is 15.5 Å². The second-order valence-electron chi connectivity index (χ2n) is 5.21. The second-order valence-corrected chi connectivity index (χ2v) is 5.21. The topological polar surface area (TPSA) is 39.7 Å². The van der Waals surface area contributed by atoms with Crippen LogP contribution >= 0.6 is 0 Å². The van der Waals surface area contributed by atoms with Gasteiger partial charge in [-0.1, -0.05) is 13.8 Å². The van der Waals surface area contributed by atoms with Crippen molar-refractivity contribution in [3.63, 3.8) is 0 Å². The van der Waals surface area contributed by atoms with Crippen molar-refractivity contribution in [1.82, 2.24) is 15.5 Å². The minimum absolute atomic E-state index is 0.899. The highest BCUT2D eigenvalue weighted by atomic mass is 15.2. The number of nitrogens with one attached hydrogen (secondary N) is 2. The van der Waals surface area contributed by atoms with Crippen LogP contribution in [0.15, 0.2) is 4.99 Å². The quantitative estimate of drug-likeness (QED) is 0.560. The Bertz CT molecular complexity index is 232. The summed E-state index contributed by atoms with van der Waals surface area (Å²) in [6, 6.07) is 0. The Morgan fingerprint density at radius 3 is 2.56 bits per heavy atom. The number of piperidine rings is 1. The number of nitrogens with zero attached hydrogens (tertiary/aromatic N) is 2. The lowest BCUT2D eigenvalue weighted by atomic mass is 9.99. The Balaban J connectivity index is 2.17. The number of hydrogen-bond donors (Lipinski definition) is 2. The fraction of sp³-hybridized carbons (Fsp3) is 0.929. The van der Waals surface area contributed by atoms with Gasteiger partial charge in [-0.05, 0) is 45.2 Å². The van der Waals surface area contributed by atoms with Crippen molar-refractivity contribution in [3.8, 4) is 0 Å². The zero-order valence-corrected chi connectivity index (χ0v) is 12.3. The molecule has 18 heavy (non-hydrogen) atoms. The summed E-state index contributed by atoms with van der Waals surface area (Å²) < 4.78 is 0. The Morgan fingerprint density at radius 1 is 1.22 bits per heavy atom. The highest BCUT2D eigenvalue weighted by molar-refractivity contribution is 5.79. The second kappa shape index (κ2) is 9.20. The van der Waals surface area contributed by atoms with Crippen LogP contribution in [0, 0.1) is 5.92 Å². The average molecular weight is 254 g/mol. The van der Waals surface area contributed by atoms with E-state index in [1.54, 1.807) is 0 Å². The van der Waals surface area contributed by atoms with Crippen LogP contribution in [0.1, 0.15) is 40.0 Å². The van der Waals surface area contributed by atoms with Gasteiger partial charge in [0.15, 0.2) is 5.96 Å². The van der Waals surface area contributed by atoms with E-state index in [2.05, 4.69) is 41.3 Å². The SMILES string of the molecule is CCCN=C(NCC)NCCN1CCC(C)CC1. The van der Waals surface area contributed by atoms with Crippen LogP contribution in [-0.2, 0) is 0 Å². The number of rotatable bonds is 6. The summed E-state index contributed by atoms with van der Waals surface area (Å²) in [4.78, 5) is 7.05. The van der Waals surface area contributed by atoms with Crippen molar-refractivity contribution in [2.45, 2.75) is 40.0 Å². The first-order chi connectivity index (χ1) is 8.76. The normalized spacial score (nSPS) is 18.9. The van der Waals surface area contributed by atoms with Crippen molar-refractivity contribution >= 4 is 5.96 Å². The van der Waals surface area contributed by atoms with Crippen LogP contribution in [0.3, 0.4) is 0 Å². The van der Waals surface area contributed by atoms with E-state index in [0.717, 1.165) is 44.5 Å². The molecule has 4 heteroatoms. The molecule has 0 aliphatic carbocycles. The molecule has 0 radical (unpaired) electrons. The van der Waals surface area contributed by atoms with Gasteiger partial charge in [-0.25, -0.2) is 0 Å². The molecule has 0 aromatic carbocycles. The zero-order chi connectivity index (χ0) is 13.2. The third-order valence-corrected chi connectivity index (χ3v) is 3.43. The summed E-state index contributed by atoms with van der Waals surface area (Å²) >= 11 is 0. The van der Waals surface area contributed by atoms with Gasteiger partial charge >= 0.3 is 0 Å². The van der Waals surface area contributed by atoms with Gasteiger partial charge in [-0.15, -0.1) is 0 Å². The van der Waals surface area contributed by atoms with Crippen LogP contribution in [0.2, 0.25) is 0 Å². The molecule has 1 aliphatic heterocycles. The summed E-state index contributed by atoms with van der Waals surface area (Å²) in [6.45, 7) is 13.1. The summed E-state index contributed by atoms with van der Waals surface area (Å²) in [5.74, 6) is 1.88. The van der Waals surface area contributed by atoms with E-state index >= 15 is 0 Å². The molecule has 0 spiro atoms. The van der Waals surface area contributed by atoms with Gasteiger partial charge in [0.25, 0.3) is 0 Å². The fourth-order valence-electron chi connectivity index (χ4n) is 2.18. The van der Waals surface area contributed by atoms with Gasteiger partial charge in [0.05, 0.1) is 0 Å². The van der Waals surface area contributed by atoms with Gasteiger partial charge in [0.2, 0.25) is 0 Å². The molecular formula is C14H30N4. The predicted octanol–water partition coefficient (Wildman–Crippen LogP) is 1.68. The molecule has 1 rings (SSSR count). The molecule has 0 saturated carbocycles. The third kappa shape index (κ3) is 6.24. The monoisotopic (exact) mass is 254 g/mol. The maximum absolute atomic E-state index is 4.50. The highest BCUT2D eigenvalue weighted by Crippen LogP contribution is 2.14. The smallest absolute Gasteiger partial charge is 0.191 e. The molecule has 1 saturated heterocycles. The van der Waals surface area contributed by atoms with Gasteiger partial charge in [0, 0.05) is 26.2 Å².